The Morgan fingerprint density at radius 2 is 1.83 bits per heavy atom. The van der Waals surface area contributed by atoms with E-state index in [4.69, 9.17) is 5.11 Å². The number of nitrogens with one attached hydrogen (secondary N) is 1. The second kappa shape index (κ2) is 9.12. The summed E-state index contributed by atoms with van der Waals surface area (Å²) in [4.78, 5) is 0. The number of benzene rings is 1. The Morgan fingerprint density at radius 3 is 2.39 bits per heavy atom. The molecule has 0 heterocycles. The van der Waals surface area contributed by atoms with E-state index in [1.165, 1.54) is 5.56 Å². The van der Waals surface area contributed by atoms with Crippen LogP contribution in [0.3, 0.4) is 0 Å². The molecule has 102 valence electrons. The van der Waals surface area contributed by atoms with Crippen LogP contribution in [0.1, 0.15) is 38.7 Å². The van der Waals surface area contributed by atoms with Crippen LogP contribution >= 0.6 is 0 Å². The van der Waals surface area contributed by atoms with Crippen molar-refractivity contribution in [2.75, 3.05) is 13.2 Å². The van der Waals surface area contributed by atoms with Crippen molar-refractivity contribution in [3.63, 3.8) is 0 Å². The molecule has 0 radical (unpaired) electrons. The highest BCUT2D eigenvalue weighted by molar-refractivity contribution is 5.15. The Morgan fingerprint density at radius 1 is 1.11 bits per heavy atom. The van der Waals surface area contributed by atoms with E-state index >= 15 is 0 Å². The van der Waals surface area contributed by atoms with Crippen molar-refractivity contribution in [3.05, 3.63) is 35.9 Å². The molecular formula is C16H27NO. The fourth-order valence-corrected chi connectivity index (χ4v) is 2.23. The number of hydrogen-bond donors (Lipinski definition) is 2. The fraction of sp³-hybridized carbons (Fsp3) is 0.625. The van der Waals surface area contributed by atoms with Crippen molar-refractivity contribution in [2.45, 2.75) is 45.6 Å². The normalized spacial score (nSPS) is 14.4. The Balaban J connectivity index is 2.37. The molecule has 0 fully saturated rings. The zero-order chi connectivity index (χ0) is 13.2. The fourth-order valence-electron chi connectivity index (χ4n) is 2.23. The van der Waals surface area contributed by atoms with Crippen LogP contribution in [0.2, 0.25) is 0 Å². The van der Waals surface area contributed by atoms with Crippen LogP contribution < -0.4 is 5.32 Å². The van der Waals surface area contributed by atoms with E-state index in [9.17, 15) is 0 Å². The highest BCUT2D eigenvalue weighted by Gasteiger charge is 2.10. The summed E-state index contributed by atoms with van der Waals surface area (Å²) in [5.74, 6) is 0.597. The van der Waals surface area contributed by atoms with Gasteiger partial charge in [-0.25, -0.2) is 0 Å². The first-order chi connectivity index (χ1) is 8.80. The minimum Gasteiger partial charge on any atom is -0.396 e. The van der Waals surface area contributed by atoms with Crippen molar-refractivity contribution >= 4 is 0 Å². The minimum atomic E-state index is 0.301. The predicted molar refractivity (Wildman–Crippen MR) is 77.7 cm³/mol. The van der Waals surface area contributed by atoms with Gasteiger partial charge in [0.2, 0.25) is 0 Å². The van der Waals surface area contributed by atoms with Crippen LogP contribution in [0.5, 0.6) is 0 Å². The number of aliphatic hydroxyl groups excluding tert-OH is 1. The zero-order valence-corrected chi connectivity index (χ0v) is 11.7. The monoisotopic (exact) mass is 249 g/mol. The van der Waals surface area contributed by atoms with E-state index in [-0.39, 0.29) is 0 Å². The molecule has 1 aromatic rings. The van der Waals surface area contributed by atoms with Gasteiger partial charge in [-0.1, -0.05) is 50.6 Å². The SMILES string of the molecule is CCC(CCO)CNC(CC)Cc1ccccc1. The van der Waals surface area contributed by atoms with Crippen molar-refractivity contribution in [1.82, 2.24) is 5.32 Å². The maximum Gasteiger partial charge on any atom is 0.0434 e. The highest BCUT2D eigenvalue weighted by atomic mass is 16.3. The predicted octanol–water partition coefficient (Wildman–Crippen LogP) is 3.01. The summed E-state index contributed by atoms with van der Waals surface area (Å²) in [6, 6.07) is 11.2. The summed E-state index contributed by atoms with van der Waals surface area (Å²) in [5, 5.41) is 12.6. The molecule has 2 N–H and O–H groups in total. The average molecular weight is 249 g/mol. The maximum absolute atomic E-state index is 9.00. The summed E-state index contributed by atoms with van der Waals surface area (Å²) in [7, 11) is 0. The third-order valence-corrected chi connectivity index (χ3v) is 3.63. The second-order valence-corrected chi connectivity index (χ2v) is 4.99. The molecule has 0 aliphatic heterocycles. The molecule has 0 spiro atoms. The average Bonchev–Trinajstić information content (AvgIpc) is 2.43. The molecule has 0 saturated carbocycles. The highest BCUT2D eigenvalue weighted by Crippen LogP contribution is 2.09. The van der Waals surface area contributed by atoms with Gasteiger partial charge in [-0.05, 0) is 37.3 Å². The van der Waals surface area contributed by atoms with Gasteiger partial charge in [0.25, 0.3) is 0 Å². The minimum absolute atomic E-state index is 0.301. The largest absolute Gasteiger partial charge is 0.396 e. The van der Waals surface area contributed by atoms with Crippen LogP contribution in [0.25, 0.3) is 0 Å². The third-order valence-electron chi connectivity index (χ3n) is 3.63. The first kappa shape index (κ1) is 15.2. The summed E-state index contributed by atoms with van der Waals surface area (Å²) in [6.07, 6.45) is 4.28. The van der Waals surface area contributed by atoms with Crippen molar-refractivity contribution < 1.29 is 5.11 Å². The molecule has 0 bridgehead atoms. The molecule has 0 aliphatic rings. The summed E-state index contributed by atoms with van der Waals surface area (Å²) < 4.78 is 0. The van der Waals surface area contributed by atoms with Gasteiger partial charge >= 0.3 is 0 Å². The van der Waals surface area contributed by atoms with E-state index in [0.29, 0.717) is 18.6 Å². The molecule has 0 saturated heterocycles. The van der Waals surface area contributed by atoms with Crippen molar-refractivity contribution in [1.29, 1.82) is 0 Å². The number of rotatable bonds is 9. The van der Waals surface area contributed by atoms with Crippen LogP contribution in [0, 0.1) is 5.92 Å². The molecule has 2 atom stereocenters. The summed E-state index contributed by atoms with van der Waals surface area (Å²) in [5.41, 5.74) is 1.40. The van der Waals surface area contributed by atoms with Gasteiger partial charge in [0.15, 0.2) is 0 Å². The van der Waals surface area contributed by atoms with Crippen LogP contribution in [0.4, 0.5) is 0 Å². The molecule has 0 aliphatic carbocycles. The second-order valence-electron chi connectivity index (χ2n) is 4.99. The van der Waals surface area contributed by atoms with Gasteiger partial charge in [0.1, 0.15) is 0 Å². The Bertz CT molecular complexity index is 299. The molecule has 2 unspecified atom stereocenters. The van der Waals surface area contributed by atoms with Crippen LogP contribution in [0.15, 0.2) is 30.3 Å². The topological polar surface area (TPSA) is 32.3 Å². The van der Waals surface area contributed by atoms with E-state index < -0.39 is 0 Å². The van der Waals surface area contributed by atoms with Crippen molar-refractivity contribution in [2.24, 2.45) is 5.92 Å². The van der Waals surface area contributed by atoms with Gasteiger partial charge in [-0.15, -0.1) is 0 Å². The molecule has 2 nitrogen and oxygen atoms in total. The third kappa shape index (κ3) is 5.65. The zero-order valence-electron chi connectivity index (χ0n) is 11.7. The lowest BCUT2D eigenvalue weighted by molar-refractivity contribution is 0.248. The van der Waals surface area contributed by atoms with E-state index in [1.807, 2.05) is 0 Å². The molecule has 0 aromatic heterocycles. The molecule has 1 rings (SSSR count). The van der Waals surface area contributed by atoms with E-state index in [2.05, 4.69) is 49.5 Å². The first-order valence-electron chi connectivity index (χ1n) is 7.18. The lowest BCUT2D eigenvalue weighted by Gasteiger charge is -2.21. The van der Waals surface area contributed by atoms with Gasteiger partial charge in [0.05, 0.1) is 0 Å². The smallest absolute Gasteiger partial charge is 0.0434 e. The summed E-state index contributed by atoms with van der Waals surface area (Å²) >= 11 is 0. The van der Waals surface area contributed by atoms with E-state index in [0.717, 1.165) is 32.2 Å². The quantitative estimate of drug-likeness (QED) is 0.705. The maximum atomic E-state index is 9.00. The lowest BCUT2D eigenvalue weighted by atomic mass is 10.00. The van der Waals surface area contributed by atoms with Gasteiger partial charge < -0.3 is 10.4 Å². The lowest BCUT2D eigenvalue weighted by Crippen LogP contribution is -2.34. The Hall–Kier alpha value is -0.860. The molecule has 18 heavy (non-hydrogen) atoms. The van der Waals surface area contributed by atoms with Gasteiger partial charge in [0, 0.05) is 12.6 Å². The molecule has 0 amide bonds. The molecule has 1 aromatic carbocycles. The first-order valence-corrected chi connectivity index (χ1v) is 7.18. The molecular weight excluding hydrogens is 222 g/mol. The van der Waals surface area contributed by atoms with Crippen LogP contribution in [-0.2, 0) is 6.42 Å². The Kier molecular flexibility index (Phi) is 7.70. The number of hydrogen-bond acceptors (Lipinski definition) is 2. The van der Waals surface area contributed by atoms with E-state index in [1.54, 1.807) is 0 Å². The van der Waals surface area contributed by atoms with Gasteiger partial charge in [-0.2, -0.15) is 0 Å². The number of aliphatic hydroxyl groups is 1. The molecule has 2 heteroatoms. The Labute approximate surface area is 111 Å². The standard InChI is InChI=1S/C16H27NO/c1-3-14(10-11-18)13-17-16(4-2)12-15-8-6-5-7-9-15/h5-9,14,16-18H,3-4,10-13H2,1-2H3. The van der Waals surface area contributed by atoms with Gasteiger partial charge in [-0.3, -0.25) is 0 Å². The summed E-state index contributed by atoms with van der Waals surface area (Å²) in [6.45, 7) is 5.74. The van der Waals surface area contributed by atoms with Crippen molar-refractivity contribution in [3.8, 4) is 0 Å². The van der Waals surface area contributed by atoms with Crippen LogP contribution in [-0.4, -0.2) is 24.3 Å².